The van der Waals surface area contributed by atoms with Crippen LogP contribution in [-0.2, 0) is 0 Å². The molecule has 0 aliphatic rings. The molecular weight excluding hydrogens is 331 g/mol. The predicted octanol–water partition coefficient (Wildman–Crippen LogP) is 4.87. The smallest absolute Gasteiger partial charge is 0.133 e. The first kappa shape index (κ1) is 14.0. The molecule has 2 aromatic carbocycles. The zero-order chi connectivity index (χ0) is 14.2. The number of benzene rings is 2. The lowest BCUT2D eigenvalue weighted by atomic mass is 10.0. The van der Waals surface area contributed by atoms with Crippen LogP contribution in [0.25, 0.3) is 0 Å². The van der Waals surface area contributed by atoms with E-state index in [9.17, 15) is 22.0 Å². The van der Waals surface area contributed by atoms with Gasteiger partial charge in [-0.25, -0.2) is 22.0 Å². The Morgan fingerprint density at radius 3 is 1.63 bits per heavy atom. The fourth-order valence-corrected chi connectivity index (χ4v) is 2.57. The molecule has 0 aromatic heterocycles. The van der Waals surface area contributed by atoms with Gasteiger partial charge in [0.15, 0.2) is 0 Å². The molecule has 0 bridgehead atoms. The Labute approximate surface area is 114 Å². The van der Waals surface area contributed by atoms with Gasteiger partial charge in [0.2, 0.25) is 0 Å². The van der Waals surface area contributed by atoms with Crippen molar-refractivity contribution in [2.45, 2.75) is 4.83 Å². The molecule has 19 heavy (non-hydrogen) atoms. The Morgan fingerprint density at radius 1 is 0.737 bits per heavy atom. The van der Waals surface area contributed by atoms with Crippen LogP contribution in [-0.4, -0.2) is 0 Å². The van der Waals surface area contributed by atoms with Gasteiger partial charge in [-0.3, -0.25) is 0 Å². The number of halogens is 6. The summed E-state index contributed by atoms with van der Waals surface area (Å²) in [6.45, 7) is 0. The lowest BCUT2D eigenvalue weighted by molar-refractivity contribution is 0.518. The van der Waals surface area contributed by atoms with Crippen LogP contribution in [0, 0.1) is 29.1 Å². The Morgan fingerprint density at radius 2 is 1.16 bits per heavy atom. The van der Waals surface area contributed by atoms with E-state index in [1.807, 2.05) is 0 Å². The molecule has 0 saturated carbocycles. The van der Waals surface area contributed by atoms with Crippen LogP contribution < -0.4 is 0 Å². The zero-order valence-corrected chi connectivity index (χ0v) is 10.8. The Balaban J connectivity index is 2.60. The third kappa shape index (κ3) is 2.63. The SMILES string of the molecule is Fc1cc(F)c(C(Br)c2c(F)cccc2F)c(F)c1. The number of alkyl halides is 1. The van der Waals surface area contributed by atoms with Crippen LogP contribution in [0.2, 0.25) is 0 Å². The Kier molecular flexibility index (Phi) is 3.89. The van der Waals surface area contributed by atoms with E-state index in [1.165, 1.54) is 0 Å². The summed E-state index contributed by atoms with van der Waals surface area (Å²) in [6, 6.07) is 3.96. The van der Waals surface area contributed by atoms with E-state index in [-0.39, 0.29) is 0 Å². The predicted molar refractivity (Wildman–Crippen MR) is 63.4 cm³/mol. The maximum absolute atomic E-state index is 13.6. The van der Waals surface area contributed by atoms with Crippen LogP contribution in [0.3, 0.4) is 0 Å². The van der Waals surface area contributed by atoms with Crippen molar-refractivity contribution >= 4 is 15.9 Å². The lowest BCUT2D eigenvalue weighted by Crippen LogP contribution is -2.06. The fraction of sp³-hybridized carbons (Fsp3) is 0.0769. The minimum Gasteiger partial charge on any atom is -0.207 e. The summed E-state index contributed by atoms with van der Waals surface area (Å²) in [5, 5.41) is 0. The summed E-state index contributed by atoms with van der Waals surface area (Å²) in [7, 11) is 0. The maximum atomic E-state index is 13.6. The van der Waals surface area contributed by atoms with Crippen molar-refractivity contribution in [3.05, 3.63) is 70.5 Å². The van der Waals surface area contributed by atoms with Gasteiger partial charge in [0.05, 0.1) is 4.83 Å². The Bertz CT molecular complexity index is 583. The van der Waals surface area contributed by atoms with Crippen molar-refractivity contribution in [2.24, 2.45) is 0 Å². The monoisotopic (exact) mass is 336 g/mol. The van der Waals surface area contributed by atoms with Crippen LogP contribution in [0.4, 0.5) is 22.0 Å². The van der Waals surface area contributed by atoms with E-state index >= 15 is 0 Å². The van der Waals surface area contributed by atoms with Crippen LogP contribution in [0.5, 0.6) is 0 Å². The molecule has 2 aromatic rings. The number of hydrogen-bond acceptors (Lipinski definition) is 0. The highest BCUT2D eigenvalue weighted by Crippen LogP contribution is 2.37. The molecule has 0 N–H and O–H groups in total. The van der Waals surface area contributed by atoms with Crippen LogP contribution in [0.15, 0.2) is 30.3 Å². The molecule has 0 heterocycles. The molecule has 2 rings (SSSR count). The van der Waals surface area contributed by atoms with Crippen molar-refractivity contribution < 1.29 is 22.0 Å². The molecule has 0 amide bonds. The molecule has 0 fully saturated rings. The van der Waals surface area contributed by atoms with E-state index in [0.717, 1.165) is 18.2 Å². The van der Waals surface area contributed by atoms with Crippen molar-refractivity contribution in [3.8, 4) is 0 Å². The number of hydrogen-bond donors (Lipinski definition) is 0. The van der Waals surface area contributed by atoms with Gasteiger partial charge in [0, 0.05) is 23.3 Å². The second kappa shape index (κ2) is 5.28. The third-order valence-electron chi connectivity index (χ3n) is 2.55. The van der Waals surface area contributed by atoms with Crippen molar-refractivity contribution in [3.63, 3.8) is 0 Å². The molecule has 1 unspecified atom stereocenters. The largest absolute Gasteiger partial charge is 0.207 e. The summed E-state index contributed by atoms with van der Waals surface area (Å²) in [4.78, 5) is -1.39. The maximum Gasteiger partial charge on any atom is 0.133 e. The standard InChI is InChI=1S/C13H6BrF5/c14-13(11-7(16)2-1-3-8(11)17)12-9(18)4-6(15)5-10(12)19/h1-5,13H. The highest BCUT2D eigenvalue weighted by molar-refractivity contribution is 9.09. The van der Waals surface area contributed by atoms with Gasteiger partial charge in [0.1, 0.15) is 29.1 Å². The summed E-state index contributed by atoms with van der Waals surface area (Å²) in [6.07, 6.45) is 0. The highest BCUT2D eigenvalue weighted by Gasteiger charge is 2.25. The van der Waals surface area contributed by atoms with Gasteiger partial charge in [-0.2, -0.15) is 0 Å². The summed E-state index contributed by atoms with van der Waals surface area (Å²) < 4.78 is 67.0. The molecule has 0 nitrogen and oxygen atoms in total. The van der Waals surface area contributed by atoms with Crippen molar-refractivity contribution in [1.82, 2.24) is 0 Å². The summed E-state index contributed by atoms with van der Waals surface area (Å²) in [5.74, 6) is -5.45. The van der Waals surface area contributed by atoms with Crippen molar-refractivity contribution in [2.75, 3.05) is 0 Å². The van der Waals surface area contributed by atoms with Gasteiger partial charge < -0.3 is 0 Å². The molecule has 0 aliphatic carbocycles. The Hall–Kier alpha value is -1.43. The second-order valence-corrected chi connectivity index (χ2v) is 4.70. The van der Waals surface area contributed by atoms with Gasteiger partial charge in [-0.1, -0.05) is 22.0 Å². The molecule has 0 saturated heterocycles. The molecule has 6 heteroatoms. The normalized spacial score (nSPS) is 12.5. The molecule has 0 aliphatic heterocycles. The van der Waals surface area contributed by atoms with E-state index < -0.39 is 45.0 Å². The average Bonchev–Trinajstić information content (AvgIpc) is 2.26. The first-order chi connectivity index (χ1) is 8.91. The summed E-state index contributed by atoms with van der Waals surface area (Å²) in [5.41, 5.74) is -1.18. The fourth-order valence-electron chi connectivity index (χ4n) is 1.69. The second-order valence-electron chi connectivity index (χ2n) is 3.78. The molecule has 0 spiro atoms. The molecule has 0 radical (unpaired) electrons. The lowest BCUT2D eigenvalue weighted by Gasteiger charge is -2.14. The average molecular weight is 337 g/mol. The topological polar surface area (TPSA) is 0 Å². The van der Waals surface area contributed by atoms with Gasteiger partial charge in [-0.05, 0) is 12.1 Å². The summed E-state index contributed by atoms with van der Waals surface area (Å²) >= 11 is 2.84. The van der Waals surface area contributed by atoms with E-state index in [4.69, 9.17) is 0 Å². The van der Waals surface area contributed by atoms with Crippen LogP contribution >= 0.6 is 15.9 Å². The van der Waals surface area contributed by atoms with Gasteiger partial charge in [0.25, 0.3) is 0 Å². The van der Waals surface area contributed by atoms with E-state index in [0.29, 0.717) is 12.1 Å². The minimum atomic E-state index is -1.39. The highest BCUT2D eigenvalue weighted by atomic mass is 79.9. The first-order valence-corrected chi connectivity index (χ1v) is 6.05. The van der Waals surface area contributed by atoms with Crippen molar-refractivity contribution in [1.29, 1.82) is 0 Å². The quantitative estimate of drug-likeness (QED) is 0.542. The first-order valence-electron chi connectivity index (χ1n) is 5.14. The zero-order valence-electron chi connectivity index (χ0n) is 9.23. The molecule has 1 atom stereocenters. The molecular formula is C13H6BrF5. The van der Waals surface area contributed by atoms with Gasteiger partial charge in [-0.15, -0.1) is 0 Å². The number of rotatable bonds is 2. The third-order valence-corrected chi connectivity index (χ3v) is 3.47. The molecule has 100 valence electrons. The van der Waals surface area contributed by atoms with Gasteiger partial charge >= 0.3 is 0 Å². The van der Waals surface area contributed by atoms with E-state index in [2.05, 4.69) is 15.9 Å². The van der Waals surface area contributed by atoms with E-state index in [1.54, 1.807) is 0 Å². The minimum absolute atomic E-state index is 0.450. The van der Waals surface area contributed by atoms with Crippen LogP contribution in [0.1, 0.15) is 16.0 Å².